The Labute approximate surface area is 140 Å². The van der Waals surface area contributed by atoms with Crippen LogP contribution in [-0.2, 0) is 0 Å². The molecule has 0 unspecified atom stereocenters. The fourth-order valence-electron chi connectivity index (χ4n) is 2.67. The highest BCUT2D eigenvalue weighted by molar-refractivity contribution is 6.31. The van der Waals surface area contributed by atoms with Crippen LogP contribution in [0.2, 0.25) is 5.02 Å². The molecule has 1 aliphatic rings. The number of carbonyl (C=O) groups is 1. The van der Waals surface area contributed by atoms with Gasteiger partial charge < -0.3 is 19.5 Å². The lowest BCUT2D eigenvalue weighted by Gasteiger charge is -2.35. The Morgan fingerprint density at radius 1 is 1.17 bits per heavy atom. The SMILES string of the molecule is Cc1ccc(C(=O)Nc2cc(Cl)ccc2N2CCN(C)CC2)o1. The molecule has 1 fully saturated rings. The van der Waals surface area contributed by atoms with E-state index in [-0.39, 0.29) is 5.91 Å². The summed E-state index contributed by atoms with van der Waals surface area (Å²) < 4.78 is 5.38. The van der Waals surface area contributed by atoms with Crippen molar-refractivity contribution in [2.75, 3.05) is 43.4 Å². The van der Waals surface area contributed by atoms with Crippen LogP contribution in [-0.4, -0.2) is 44.0 Å². The Morgan fingerprint density at radius 3 is 2.57 bits per heavy atom. The van der Waals surface area contributed by atoms with Crippen molar-refractivity contribution < 1.29 is 9.21 Å². The lowest BCUT2D eigenvalue weighted by molar-refractivity contribution is 0.0995. The lowest BCUT2D eigenvalue weighted by atomic mass is 10.2. The molecular weight excluding hydrogens is 314 g/mol. The minimum absolute atomic E-state index is 0.268. The van der Waals surface area contributed by atoms with Crippen molar-refractivity contribution in [1.82, 2.24) is 4.90 Å². The Kier molecular flexibility index (Phi) is 4.59. The highest BCUT2D eigenvalue weighted by Gasteiger charge is 2.19. The molecule has 5 nitrogen and oxygen atoms in total. The maximum atomic E-state index is 12.4. The number of halogens is 1. The van der Waals surface area contributed by atoms with Crippen molar-refractivity contribution in [3.63, 3.8) is 0 Å². The lowest BCUT2D eigenvalue weighted by Crippen LogP contribution is -2.44. The second-order valence-corrected chi connectivity index (χ2v) is 6.25. The van der Waals surface area contributed by atoms with E-state index < -0.39 is 0 Å². The van der Waals surface area contributed by atoms with Crippen LogP contribution >= 0.6 is 11.6 Å². The minimum Gasteiger partial charge on any atom is -0.456 e. The first-order chi connectivity index (χ1) is 11.0. The zero-order valence-electron chi connectivity index (χ0n) is 13.3. The van der Waals surface area contributed by atoms with Gasteiger partial charge >= 0.3 is 0 Å². The highest BCUT2D eigenvalue weighted by Crippen LogP contribution is 2.30. The summed E-state index contributed by atoms with van der Waals surface area (Å²) in [7, 11) is 2.11. The zero-order valence-corrected chi connectivity index (χ0v) is 14.1. The first-order valence-corrected chi connectivity index (χ1v) is 8.01. The largest absolute Gasteiger partial charge is 0.456 e. The van der Waals surface area contributed by atoms with Crippen LogP contribution in [0, 0.1) is 6.92 Å². The van der Waals surface area contributed by atoms with Crippen molar-refractivity contribution in [2.24, 2.45) is 0 Å². The molecule has 1 aromatic heterocycles. The molecule has 3 rings (SSSR count). The predicted molar refractivity (Wildman–Crippen MR) is 92.6 cm³/mol. The van der Waals surface area contributed by atoms with Crippen molar-refractivity contribution in [3.8, 4) is 0 Å². The molecule has 2 aromatic rings. The summed E-state index contributed by atoms with van der Waals surface area (Å²) in [6.07, 6.45) is 0. The van der Waals surface area contributed by atoms with Gasteiger partial charge in [-0.15, -0.1) is 0 Å². The zero-order chi connectivity index (χ0) is 16.4. The molecule has 0 aliphatic carbocycles. The number of aryl methyl sites for hydroxylation is 1. The number of likely N-dealkylation sites (N-methyl/N-ethyl adjacent to an activating group) is 1. The van der Waals surface area contributed by atoms with Gasteiger partial charge in [-0.3, -0.25) is 4.79 Å². The Bertz CT molecular complexity index is 706. The molecule has 122 valence electrons. The molecule has 1 amide bonds. The highest BCUT2D eigenvalue weighted by atomic mass is 35.5. The number of amides is 1. The summed E-state index contributed by atoms with van der Waals surface area (Å²) in [6.45, 7) is 5.63. The van der Waals surface area contributed by atoms with Crippen LogP contribution in [0.3, 0.4) is 0 Å². The molecule has 1 N–H and O–H groups in total. The molecule has 0 atom stereocenters. The molecule has 0 bridgehead atoms. The Morgan fingerprint density at radius 2 is 1.91 bits per heavy atom. The van der Waals surface area contributed by atoms with Gasteiger partial charge in [0.2, 0.25) is 0 Å². The van der Waals surface area contributed by atoms with Crippen molar-refractivity contribution >= 4 is 28.9 Å². The Balaban J connectivity index is 1.83. The first kappa shape index (κ1) is 15.9. The molecule has 23 heavy (non-hydrogen) atoms. The van der Waals surface area contributed by atoms with Gasteiger partial charge in [0.05, 0.1) is 11.4 Å². The number of hydrogen-bond donors (Lipinski definition) is 1. The van der Waals surface area contributed by atoms with E-state index in [1.807, 2.05) is 19.1 Å². The third-order valence-corrected chi connectivity index (χ3v) is 4.25. The van der Waals surface area contributed by atoms with E-state index in [9.17, 15) is 4.79 Å². The number of furan rings is 1. The standard InChI is InChI=1S/C17H20ClN3O2/c1-12-3-6-16(23-12)17(22)19-14-11-13(18)4-5-15(14)21-9-7-20(2)8-10-21/h3-6,11H,7-10H2,1-2H3,(H,19,22). The smallest absolute Gasteiger partial charge is 0.291 e. The van der Waals surface area contributed by atoms with E-state index in [4.69, 9.17) is 16.0 Å². The van der Waals surface area contributed by atoms with E-state index in [2.05, 4.69) is 22.2 Å². The summed E-state index contributed by atoms with van der Waals surface area (Å²) in [5.74, 6) is 0.739. The van der Waals surface area contributed by atoms with Crippen LogP contribution < -0.4 is 10.2 Å². The van der Waals surface area contributed by atoms with Gasteiger partial charge in [0.25, 0.3) is 5.91 Å². The minimum atomic E-state index is -0.268. The summed E-state index contributed by atoms with van der Waals surface area (Å²) >= 11 is 6.11. The average Bonchev–Trinajstić information content (AvgIpc) is 2.95. The van der Waals surface area contributed by atoms with Crippen LogP contribution in [0.5, 0.6) is 0 Å². The van der Waals surface area contributed by atoms with E-state index in [1.54, 1.807) is 18.2 Å². The number of rotatable bonds is 3. The molecule has 0 spiro atoms. The summed E-state index contributed by atoms with van der Waals surface area (Å²) in [6, 6.07) is 9.03. The molecule has 1 saturated heterocycles. The molecule has 6 heteroatoms. The maximum Gasteiger partial charge on any atom is 0.291 e. The van der Waals surface area contributed by atoms with Crippen LogP contribution in [0.15, 0.2) is 34.7 Å². The fraction of sp³-hybridized carbons (Fsp3) is 0.353. The third-order valence-electron chi connectivity index (χ3n) is 4.01. The summed E-state index contributed by atoms with van der Waals surface area (Å²) in [5, 5.41) is 3.51. The number of hydrogen-bond acceptors (Lipinski definition) is 4. The molecule has 1 aromatic carbocycles. The second-order valence-electron chi connectivity index (χ2n) is 5.82. The maximum absolute atomic E-state index is 12.4. The van der Waals surface area contributed by atoms with Gasteiger partial charge in [0, 0.05) is 31.2 Å². The van der Waals surface area contributed by atoms with Crippen LogP contribution in [0.4, 0.5) is 11.4 Å². The quantitative estimate of drug-likeness (QED) is 0.936. The number of anilines is 2. The van der Waals surface area contributed by atoms with Crippen molar-refractivity contribution in [3.05, 3.63) is 46.9 Å². The van der Waals surface area contributed by atoms with E-state index in [1.165, 1.54) is 0 Å². The third kappa shape index (κ3) is 3.68. The van der Waals surface area contributed by atoms with Crippen LogP contribution in [0.25, 0.3) is 0 Å². The monoisotopic (exact) mass is 333 g/mol. The molecule has 0 radical (unpaired) electrons. The van der Waals surface area contributed by atoms with Gasteiger partial charge in [-0.1, -0.05) is 11.6 Å². The topological polar surface area (TPSA) is 48.7 Å². The molecule has 0 saturated carbocycles. The van der Waals surface area contributed by atoms with Gasteiger partial charge in [0.15, 0.2) is 5.76 Å². The fourth-order valence-corrected chi connectivity index (χ4v) is 2.84. The number of nitrogens with one attached hydrogen (secondary N) is 1. The normalized spacial score (nSPS) is 15.7. The van der Waals surface area contributed by atoms with Gasteiger partial charge in [0.1, 0.15) is 5.76 Å². The van der Waals surface area contributed by atoms with Crippen LogP contribution in [0.1, 0.15) is 16.3 Å². The summed E-state index contributed by atoms with van der Waals surface area (Å²) in [5.41, 5.74) is 1.69. The number of benzene rings is 1. The average molecular weight is 334 g/mol. The Hall–Kier alpha value is -1.98. The molecule has 2 heterocycles. The second kappa shape index (κ2) is 6.64. The molecular formula is C17H20ClN3O2. The van der Waals surface area contributed by atoms with E-state index in [0.717, 1.165) is 31.9 Å². The van der Waals surface area contributed by atoms with Crippen molar-refractivity contribution in [2.45, 2.75) is 6.92 Å². The van der Waals surface area contributed by atoms with E-state index in [0.29, 0.717) is 22.2 Å². The number of carbonyl (C=O) groups excluding carboxylic acids is 1. The summed E-state index contributed by atoms with van der Waals surface area (Å²) in [4.78, 5) is 16.9. The van der Waals surface area contributed by atoms with Gasteiger partial charge in [-0.05, 0) is 44.3 Å². The first-order valence-electron chi connectivity index (χ1n) is 7.64. The van der Waals surface area contributed by atoms with Gasteiger partial charge in [-0.2, -0.15) is 0 Å². The van der Waals surface area contributed by atoms with Crippen molar-refractivity contribution in [1.29, 1.82) is 0 Å². The molecule has 1 aliphatic heterocycles. The number of piperazine rings is 1. The predicted octanol–water partition coefficient (Wildman–Crippen LogP) is 3.25. The van der Waals surface area contributed by atoms with E-state index >= 15 is 0 Å². The van der Waals surface area contributed by atoms with Gasteiger partial charge in [-0.25, -0.2) is 0 Å². The number of nitrogens with zero attached hydrogens (tertiary/aromatic N) is 2.